The number of non-ortho nitro benzene ring substituents is 2. The van der Waals surface area contributed by atoms with Gasteiger partial charge in [0, 0.05) is 35.4 Å². The first-order valence-electron chi connectivity index (χ1n) is 7.86. The van der Waals surface area contributed by atoms with Crippen LogP contribution >= 0.6 is 0 Å². The molecule has 1 N–H and O–H groups in total. The Bertz CT molecular complexity index is 1050. The van der Waals surface area contributed by atoms with Crippen molar-refractivity contribution in [3.8, 4) is 11.3 Å². The Kier molecular flexibility index (Phi) is 5.21. The van der Waals surface area contributed by atoms with Crippen molar-refractivity contribution < 1.29 is 19.1 Å². The van der Waals surface area contributed by atoms with Crippen LogP contribution in [0.1, 0.15) is 16.1 Å². The Hall–Kier alpha value is -4.34. The molecular formula is C18H12N4O6. The topological polar surface area (TPSA) is 141 Å². The van der Waals surface area contributed by atoms with Gasteiger partial charge in [0.1, 0.15) is 11.5 Å². The number of nitro groups is 2. The Morgan fingerprint density at radius 1 is 0.893 bits per heavy atom. The molecule has 0 saturated carbocycles. The number of rotatable bonds is 6. The summed E-state index contributed by atoms with van der Waals surface area (Å²) in [6, 6.07) is 14.3. The van der Waals surface area contributed by atoms with Gasteiger partial charge in [-0.1, -0.05) is 0 Å². The normalized spacial score (nSPS) is 10.7. The maximum atomic E-state index is 11.9. The smallest absolute Gasteiger partial charge is 0.271 e. The van der Waals surface area contributed by atoms with Crippen molar-refractivity contribution >= 4 is 23.5 Å². The first-order chi connectivity index (χ1) is 13.4. The molecule has 0 aliphatic heterocycles. The number of hydrazone groups is 1. The minimum Gasteiger partial charge on any atom is -0.455 e. The molecule has 140 valence electrons. The summed E-state index contributed by atoms with van der Waals surface area (Å²) in [5.41, 5.74) is 3.02. The summed E-state index contributed by atoms with van der Waals surface area (Å²) in [4.78, 5) is 32.2. The molecule has 2 aromatic carbocycles. The fourth-order valence-electron chi connectivity index (χ4n) is 2.28. The maximum Gasteiger partial charge on any atom is 0.271 e. The van der Waals surface area contributed by atoms with Gasteiger partial charge >= 0.3 is 0 Å². The van der Waals surface area contributed by atoms with E-state index in [0.29, 0.717) is 17.1 Å². The molecule has 28 heavy (non-hydrogen) atoms. The lowest BCUT2D eigenvalue weighted by atomic mass is 10.1. The number of nitrogens with zero attached hydrogens (tertiary/aromatic N) is 3. The molecule has 0 spiro atoms. The van der Waals surface area contributed by atoms with E-state index in [-0.39, 0.29) is 16.9 Å². The van der Waals surface area contributed by atoms with Gasteiger partial charge in [-0.05, 0) is 36.4 Å². The summed E-state index contributed by atoms with van der Waals surface area (Å²) in [6.07, 6.45) is 1.29. The third-order valence-corrected chi connectivity index (χ3v) is 3.69. The van der Waals surface area contributed by atoms with Crippen LogP contribution in [0.25, 0.3) is 11.3 Å². The molecule has 0 aliphatic carbocycles. The molecule has 0 aliphatic rings. The second kappa shape index (κ2) is 7.91. The third kappa shape index (κ3) is 4.25. The fraction of sp³-hybridized carbons (Fsp3) is 0. The third-order valence-electron chi connectivity index (χ3n) is 3.69. The average Bonchev–Trinajstić information content (AvgIpc) is 3.17. The Morgan fingerprint density at radius 2 is 1.46 bits per heavy atom. The molecule has 3 rings (SSSR count). The van der Waals surface area contributed by atoms with Gasteiger partial charge in [0.25, 0.3) is 17.3 Å². The van der Waals surface area contributed by atoms with Crippen LogP contribution in [-0.4, -0.2) is 22.0 Å². The molecule has 1 aromatic heterocycles. The van der Waals surface area contributed by atoms with E-state index in [2.05, 4.69) is 10.5 Å². The molecule has 0 radical (unpaired) electrons. The van der Waals surface area contributed by atoms with E-state index >= 15 is 0 Å². The van der Waals surface area contributed by atoms with Gasteiger partial charge in [0.15, 0.2) is 0 Å². The van der Waals surface area contributed by atoms with Crippen LogP contribution < -0.4 is 5.43 Å². The van der Waals surface area contributed by atoms with Crippen LogP contribution in [-0.2, 0) is 0 Å². The number of benzene rings is 2. The lowest BCUT2D eigenvalue weighted by Gasteiger charge is -1.99. The van der Waals surface area contributed by atoms with Crippen LogP contribution in [0.3, 0.4) is 0 Å². The number of amides is 1. The lowest BCUT2D eigenvalue weighted by Crippen LogP contribution is -2.17. The summed E-state index contributed by atoms with van der Waals surface area (Å²) < 4.78 is 5.55. The quantitative estimate of drug-likeness (QED) is 0.394. The summed E-state index contributed by atoms with van der Waals surface area (Å²) in [5.74, 6) is 0.309. The zero-order chi connectivity index (χ0) is 20.1. The second-order valence-corrected chi connectivity index (χ2v) is 5.51. The summed E-state index contributed by atoms with van der Waals surface area (Å²) >= 11 is 0. The largest absolute Gasteiger partial charge is 0.455 e. The van der Waals surface area contributed by atoms with E-state index < -0.39 is 15.8 Å². The Labute approximate surface area is 157 Å². The van der Waals surface area contributed by atoms with Gasteiger partial charge < -0.3 is 4.42 Å². The standard InChI is InChI=1S/C18H12N4O6/c23-18(13-3-7-15(8-4-13)22(26)27)20-19-11-16-9-10-17(28-16)12-1-5-14(6-2-12)21(24)25/h1-11H,(H,20,23)/b19-11+. The number of carbonyl (C=O) groups excluding carboxylic acids is 1. The molecule has 0 fully saturated rings. The highest BCUT2D eigenvalue weighted by molar-refractivity contribution is 5.94. The van der Waals surface area contributed by atoms with Gasteiger partial charge in [-0.2, -0.15) is 5.10 Å². The van der Waals surface area contributed by atoms with Crippen molar-refractivity contribution in [3.05, 3.63) is 92.2 Å². The number of nitro benzene ring substituents is 2. The number of hydrogen-bond acceptors (Lipinski definition) is 7. The predicted octanol–water partition coefficient (Wildman–Crippen LogP) is 3.53. The number of carbonyl (C=O) groups is 1. The zero-order valence-corrected chi connectivity index (χ0v) is 14.1. The van der Waals surface area contributed by atoms with Crippen LogP contribution in [0.4, 0.5) is 11.4 Å². The minimum atomic E-state index is -0.556. The molecule has 1 amide bonds. The second-order valence-electron chi connectivity index (χ2n) is 5.51. The van der Waals surface area contributed by atoms with E-state index in [1.807, 2.05) is 0 Å². The van der Waals surface area contributed by atoms with Crippen molar-refractivity contribution in [2.24, 2.45) is 5.10 Å². The number of hydrogen-bond donors (Lipinski definition) is 1. The molecule has 10 heteroatoms. The van der Waals surface area contributed by atoms with Crippen LogP contribution in [0.5, 0.6) is 0 Å². The van der Waals surface area contributed by atoms with Crippen LogP contribution in [0.15, 0.2) is 70.2 Å². The number of furan rings is 1. The summed E-state index contributed by atoms with van der Waals surface area (Å²) in [7, 11) is 0. The molecule has 3 aromatic rings. The predicted molar refractivity (Wildman–Crippen MR) is 99.0 cm³/mol. The molecule has 10 nitrogen and oxygen atoms in total. The van der Waals surface area contributed by atoms with E-state index in [0.717, 1.165) is 0 Å². The molecule has 0 bridgehead atoms. The van der Waals surface area contributed by atoms with Crippen molar-refractivity contribution in [2.45, 2.75) is 0 Å². The lowest BCUT2D eigenvalue weighted by molar-refractivity contribution is -0.385. The SMILES string of the molecule is O=C(N/N=C/c1ccc(-c2ccc([N+](=O)[O-])cc2)o1)c1ccc([N+](=O)[O-])cc1. The first-order valence-corrected chi connectivity index (χ1v) is 7.86. The summed E-state index contributed by atoms with van der Waals surface area (Å²) in [5, 5.41) is 25.1. The van der Waals surface area contributed by atoms with E-state index in [4.69, 9.17) is 4.42 Å². The van der Waals surface area contributed by atoms with Crippen molar-refractivity contribution in [1.82, 2.24) is 5.43 Å². The minimum absolute atomic E-state index is 0.0222. The highest BCUT2D eigenvalue weighted by atomic mass is 16.6. The van der Waals surface area contributed by atoms with Gasteiger partial charge in [0.05, 0.1) is 16.1 Å². The Balaban J connectivity index is 1.62. The van der Waals surface area contributed by atoms with E-state index in [9.17, 15) is 25.0 Å². The first kappa shape index (κ1) is 18.5. The molecule has 0 atom stereocenters. The van der Waals surface area contributed by atoms with Gasteiger partial charge in [0.2, 0.25) is 0 Å². The van der Waals surface area contributed by atoms with E-state index in [1.165, 1.54) is 42.6 Å². The highest BCUT2D eigenvalue weighted by Gasteiger charge is 2.10. The summed E-state index contributed by atoms with van der Waals surface area (Å²) in [6.45, 7) is 0. The monoisotopic (exact) mass is 380 g/mol. The number of nitrogens with one attached hydrogen (secondary N) is 1. The van der Waals surface area contributed by atoms with Crippen molar-refractivity contribution in [2.75, 3.05) is 0 Å². The molecular weight excluding hydrogens is 368 g/mol. The van der Waals surface area contributed by atoms with Gasteiger partial charge in [-0.15, -0.1) is 0 Å². The van der Waals surface area contributed by atoms with Crippen LogP contribution in [0, 0.1) is 20.2 Å². The van der Waals surface area contributed by atoms with Gasteiger partial charge in [-0.25, -0.2) is 5.43 Å². The molecule has 0 unspecified atom stereocenters. The van der Waals surface area contributed by atoms with Crippen LogP contribution in [0.2, 0.25) is 0 Å². The zero-order valence-electron chi connectivity index (χ0n) is 14.1. The van der Waals surface area contributed by atoms with Crippen molar-refractivity contribution in [3.63, 3.8) is 0 Å². The van der Waals surface area contributed by atoms with Crippen molar-refractivity contribution in [1.29, 1.82) is 0 Å². The maximum absolute atomic E-state index is 11.9. The molecule has 1 heterocycles. The molecule has 0 saturated heterocycles. The highest BCUT2D eigenvalue weighted by Crippen LogP contribution is 2.24. The Morgan fingerprint density at radius 3 is 2.04 bits per heavy atom. The average molecular weight is 380 g/mol. The fourth-order valence-corrected chi connectivity index (χ4v) is 2.28. The van der Waals surface area contributed by atoms with Gasteiger partial charge in [-0.3, -0.25) is 25.0 Å². The van der Waals surface area contributed by atoms with E-state index in [1.54, 1.807) is 24.3 Å².